The molecule has 1 aliphatic heterocycles. The average molecular weight is 237 g/mol. The van der Waals surface area contributed by atoms with Crippen molar-refractivity contribution in [3.63, 3.8) is 0 Å². The Balaban J connectivity index is 2.08. The summed E-state index contributed by atoms with van der Waals surface area (Å²) in [7, 11) is 0. The van der Waals surface area contributed by atoms with Gasteiger partial charge in [-0.1, -0.05) is 11.6 Å². The maximum Gasteiger partial charge on any atom is 0.185 e. The summed E-state index contributed by atoms with van der Waals surface area (Å²) in [5.74, 6) is 0. The van der Waals surface area contributed by atoms with Crippen LogP contribution in [0.3, 0.4) is 0 Å². The molecular weight excluding hydrogens is 228 g/mol. The highest BCUT2D eigenvalue weighted by Gasteiger charge is 2.19. The molecule has 0 radical (unpaired) electrons. The fraction of sp³-hybridized carbons (Fsp3) is 0.273. The molecule has 3 rings (SSSR count). The second-order valence-electron chi connectivity index (χ2n) is 3.52. The lowest BCUT2D eigenvalue weighted by molar-refractivity contribution is -0.0442. The number of hydrogen-bond donors (Lipinski definition) is 0. The van der Waals surface area contributed by atoms with E-state index in [-0.39, 0.29) is 6.29 Å². The van der Waals surface area contributed by atoms with Crippen LogP contribution in [0.15, 0.2) is 24.5 Å². The molecule has 0 atom stereocenters. The van der Waals surface area contributed by atoms with Gasteiger partial charge in [0.1, 0.15) is 5.52 Å². The molecule has 0 spiro atoms. The number of aromatic nitrogens is 2. The van der Waals surface area contributed by atoms with Gasteiger partial charge in [-0.3, -0.25) is 4.98 Å². The van der Waals surface area contributed by atoms with Crippen molar-refractivity contribution in [1.82, 2.24) is 9.97 Å². The molecule has 0 saturated carbocycles. The van der Waals surface area contributed by atoms with Gasteiger partial charge in [0, 0.05) is 23.3 Å². The first-order valence-electron chi connectivity index (χ1n) is 4.98. The lowest BCUT2D eigenvalue weighted by Gasteiger charge is -2.09. The van der Waals surface area contributed by atoms with E-state index in [2.05, 4.69) is 9.97 Å². The van der Waals surface area contributed by atoms with Crippen molar-refractivity contribution >= 4 is 22.5 Å². The standard InChI is InChI=1S/C11H9ClN2O2/c12-10-9-7(1-2-13-10)5-8(6-14-9)11-15-3-4-16-11/h1-2,5-6,11H,3-4H2. The number of hydrogen-bond acceptors (Lipinski definition) is 4. The Morgan fingerprint density at radius 1 is 1.25 bits per heavy atom. The Morgan fingerprint density at radius 2 is 2.06 bits per heavy atom. The second-order valence-corrected chi connectivity index (χ2v) is 3.87. The molecular formula is C11H9ClN2O2. The molecule has 0 aliphatic carbocycles. The molecule has 1 saturated heterocycles. The summed E-state index contributed by atoms with van der Waals surface area (Å²) in [4.78, 5) is 8.25. The first-order chi connectivity index (χ1) is 7.84. The minimum atomic E-state index is -0.302. The van der Waals surface area contributed by atoms with Gasteiger partial charge in [0.2, 0.25) is 0 Å². The highest BCUT2D eigenvalue weighted by molar-refractivity contribution is 6.33. The van der Waals surface area contributed by atoms with Crippen molar-refractivity contribution in [1.29, 1.82) is 0 Å². The maximum absolute atomic E-state index is 5.93. The number of nitrogens with zero attached hydrogens (tertiary/aromatic N) is 2. The Hall–Kier alpha value is -1.23. The lowest BCUT2D eigenvalue weighted by Crippen LogP contribution is -1.99. The fourth-order valence-corrected chi connectivity index (χ4v) is 1.94. The zero-order chi connectivity index (χ0) is 11.0. The predicted molar refractivity (Wildman–Crippen MR) is 59.2 cm³/mol. The Kier molecular flexibility index (Phi) is 2.47. The average Bonchev–Trinajstić information content (AvgIpc) is 2.82. The molecule has 0 aromatic carbocycles. The van der Waals surface area contributed by atoms with Crippen LogP contribution in [0.5, 0.6) is 0 Å². The van der Waals surface area contributed by atoms with Gasteiger partial charge in [-0.2, -0.15) is 0 Å². The van der Waals surface area contributed by atoms with Gasteiger partial charge in [-0.05, 0) is 12.1 Å². The van der Waals surface area contributed by atoms with E-state index in [4.69, 9.17) is 21.1 Å². The minimum Gasteiger partial charge on any atom is -0.346 e. The van der Waals surface area contributed by atoms with Crippen LogP contribution in [0.1, 0.15) is 11.9 Å². The summed E-state index contributed by atoms with van der Waals surface area (Å²) in [5, 5.41) is 1.36. The molecule has 3 heterocycles. The molecule has 0 unspecified atom stereocenters. The normalized spacial score (nSPS) is 17.1. The Bertz CT molecular complexity index is 526. The van der Waals surface area contributed by atoms with Crippen LogP contribution in [0.4, 0.5) is 0 Å². The third kappa shape index (κ3) is 1.65. The Labute approximate surface area is 97.2 Å². The van der Waals surface area contributed by atoms with Gasteiger partial charge < -0.3 is 9.47 Å². The van der Waals surface area contributed by atoms with E-state index in [0.717, 1.165) is 10.9 Å². The highest BCUT2D eigenvalue weighted by Crippen LogP contribution is 2.26. The van der Waals surface area contributed by atoms with E-state index >= 15 is 0 Å². The fourth-order valence-electron chi connectivity index (χ4n) is 1.72. The van der Waals surface area contributed by atoms with Gasteiger partial charge in [0.25, 0.3) is 0 Å². The van der Waals surface area contributed by atoms with Crippen LogP contribution in [-0.4, -0.2) is 23.2 Å². The lowest BCUT2D eigenvalue weighted by atomic mass is 10.2. The third-order valence-electron chi connectivity index (χ3n) is 2.47. The van der Waals surface area contributed by atoms with Crippen molar-refractivity contribution < 1.29 is 9.47 Å². The number of halogens is 1. The maximum atomic E-state index is 5.93. The highest BCUT2D eigenvalue weighted by atomic mass is 35.5. The van der Waals surface area contributed by atoms with E-state index in [0.29, 0.717) is 23.9 Å². The van der Waals surface area contributed by atoms with Crippen LogP contribution < -0.4 is 0 Å². The van der Waals surface area contributed by atoms with Gasteiger partial charge in [0.05, 0.1) is 13.2 Å². The van der Waals surface area contributed by atoms with E-state index in [9.17, 15) is 0 Å². The summed E-state index contributed by atoms with van der Waals surface area (Å²) in [6, 6.07) is 3.83. The summed E-state index contributed by atoms with van der Waals surface area (Å²) in [6.45, 7) is 1.25. The topological polar surface area (TPSA) is 44.2 Å². The Morgan fingerprint density at radius 3 is 2.88 bits per heavy atom. The van der Waals surface area contributed by atoms with Gasteiger partial charge in [-0.25, -0.2) is 4.98 Å². The molecule has 16 heavy (non-hydrogen) atoms. The van der Waals surface area contributed by atoms with Crippen molar-refractivity contribution in [2.75, 3.05) is 13.2 Å². The summed E-state index contributed by atoms with van der Waals surface area (Å²) in [5.41, 5.74) is 1.61. The van der Waals surface area contributed by atoms with Gasteiger partial charge in [-0.15, -0.1) is 0 Å². The van der Waals surface area contributed by atoms with E-state index in [1.165, 1.54) is 0 Å². The van der Waals surface area contributed by atoms with E-state index in [1.807, 2.05) is 12.1 Å². The van der Waals surface area contributed by atoms with E-state index < -0.39 is 0 Å². The number of rotatable bonds is 1. The first kappa shape index (κ1) is 9.96. The molecule has 2 aromatic heterocycles. The molecule has 1 fully saturated rings. The first-order valence-corrected chi connectivity index (χ1v) is 5.36. The molecule has 2 aromatic rings. The quantitative estimate of drug-likeness (QED) is 0.713. The summed E-state index contributed by atoms with van der Waals surface area (Å²) in [6.07, 6.45) is 3.07. The zero-order valence-electron chi connectivity index (χ0n) is 8.39. The van der Waals surface area contributed by atoms with Crippen molar-refractivity contribution in [2.45, 2.75) is 6.29 Å². The number of fused-ring (bicyclic) bond motifs is 1. The molecule has 5 heteroatoms. The van der Waals surface area contributed by atoms with Crippen molar-refractivity contribution in [3.8, 4) is 0 Å². The van der Waals surface area contributed by atoms with Crippen LogP contribution in [0.2, 0.25) is 5.15 Å². The monoisotopic (exact) mass is 236 g/mol. The smallest absolute Gasteiger partial charge is 0.185 e. The SMILES string of the molecule is Clc1nccc2cc(C3OCCO3)cnc12. The van der Waals surface area contributed by atoms with E-state index in [1.54, 1.807) is 12.4 Å². The second kappa shape index (κ2) is 3.97. The zero-order valence-corrected chi connectivity index (χ0v) is 9.15. The molecule has 0 N–H and O–H groups in total. The largest absolute Gasteiger partial charge is 0.346 e. The number of pyridine rings is 2. The van der Waals surface area contributed by atoms with Gasteiger partial charge in [0.15, 0.2) is 11.4 Å². The summed E-state index contributed by atoms with van der Waals surface area (Å²) < 4.78 is 10.8. The molecule has 4 nitrogen and oxygen atoms in total. The van der Waals surface area contributed by atoms with Gasteiger partial charge >= 0.3 is 0 Å². The van der Waals surface area contributed by atoms with Crippen molar-refractivity contribution in [2.24, 2.45) is 0 Å². The predicted octanol–water partition coefficient (Wildman–Crippen LogP) is 2.33. The van der Waals surface area contributed by atoms with Crippen LogP contribution in [0, 0.1) is 0 Å². The molecule has 1 aliphatic rings. The third-order valence-corrected chi connectivity index (χ3v) is 2.75. The van der Waals surface area contributed by atoms with Crippen LogP contribution >= 0.6 is 11.6 Å². The molecule has 82 valence electrons. The van der Waals surface area contributed by atoms with Crippen molar-refractivity contribution in [3.05, 3.63) is 35.2 Å². The van der Waals surface area contributed by atoms with Crippen LogP contribution in [-0.2, 0) is 9.47 Å². The minimum absolute atomic E-state index is 0.302. The molecule has 0 amide bonds. The summed E-state index contributed by atoms with van der Waals surface area (Å²) >= 11 is 5.93. The number of ether oxygens (including phenoxy) is 2. The van der Waals surface area contributed by atoms with Crippen LogP contribution in [0.25, 0.3) is 10.9 Å². The molecule has 0 bridgehead atoms.